The fourth-order valence-electron chi connectivity index (χ4n) is 4.13. The van der Waals surface area contributed by atoms with Gasteiger partial charge in [-0.2, -0.15) is 0 Å². The van der Waals surface area contributed by atoms with E-state index in [0.717, 1.165) is 41.6 Å². The number of halogens is 1. The Bertz CT molecular complexity index is 1020. The molecular weight excluding hydrogens is 426 g/mol. The number of anilines is 1. The number of nitrogens with one attached hydrogen (secondary N) is 1. The zero-order chi connectivity index (χ0) is 20.5. The maximum Gasteiger partial charge on any atom is 0.250 e. The van der Waals surface area contributed by atoms with Gasteiger partial charge in [0.1, 0.15) is 4.32 Å². The van der Waals surface area contributed by atoms with Gasteiger partial charge in [-0.3, -0.25) is 9.59 Å². The number of piperidine rings is 1. The van der Waals surface area contributed by atoms with Crippen LogP contribution in [0.5, 0.6) is 0 Å². The minimum absolute atomic E-state index is 0.0791. The first-order valence-corrected chi connectivity index (χ1v) is 11.4. The molecule has 1 fully saturated rings. The molecule has 0 radical (unpaired) electrons. The molecule has 3 heterocycles. The molecule has 29 heavy (non-hydrogen) atoms. The number of benzene rings is 1. The second-order valence-corrected chi connectivity index (χ2v) is 9.69. The summed E-state index contributed by atoms with van der Waals surface area (Å²) in [5.74, 6) is 0.861. The number of aryl methyl sites for hydroxylation is 1. The highest BCUT2D eigenvalue weighted by Gasteiger charge is 2.35. The highest BCUT2D eigenvalue weighted by atomic mass is 35.5. The van der Waals surface area contributed by atoms with Gasteiger partial charge in [0.2, 0.25) is 5.91 Å². The molecule has 1 amide bonds. The molecule has 4 rings (SSSR count). The van der Waals surface area contributed by atoms with Crippen molar-refractivity contribution in [1.29, 1.82) is 0 Å². The van der Waals surface area contributed by atoms with Crippen LogP contribution >= 0.6 is 35.6 Å². The molecule has 2 aromatic rings. The van der Waals surface area contributed by atoms with Gasteiger partial charge in [0.05, 0.1) is 5.75 Å². The number of nitrogens with zero attached hydrogens (tertiary/aromatic N) is 2. The van der Waals surface area contributed by atoms with Gasteiger partial charge in [0.15, 0.2) is 0 Å². The summed E-state index contributed by atoms with van der Waals surface area (Å²) in [6.45, 7) is 4.29. The molecular formula is C21H22ClN3O2S2. The van der Waals surface area contributed by atoms with Gasteiger partial charge >= 0.3 is 0 Å². The molecule has 152 valence electrons. The summed E-state index contributed by atoms with van der Waals surface area (Å²) in [6.07, 6.45) is 1.09. The number of thioether (sulfide) groups is 1. The van der Waals surface area contributed by atoms with Crippen LogP contribution < -0.4 is 10.9 Å². The number of amides is 1. The lowest BCUT2D eigenvalue weighted by atomic mass is 9.83. The summed E-state index contributed by atoms with van der Waals surface area (Å²) in [5, 5.41) is 3.50. The number of likely N-dealkylation sites (tertiary alicyclic amines) is 1. The zero-order valence-electron chi connectivity index (χ0n) is 16.1. The number of aromatic nitrogens is 1. The van der Waals surface area contributed by atoms with Crippen molar-refractivity contribution in [2.24, 2.45) is 5.92 Å². The van der Waals surface area contributed by atoms with Crippen molar-refractivity contribution in [2.45, 2.75) is 25.8 Å². The van der Waals surface area contributed by atoms with Gasteiger partial charge in [-0.1, -0.05) is 47.7 Å². The number of hydrogen-bond donors (Lipinski definition) is 1. The molecule has 0 unspecified atom stereocenters. The van der Waals surface area contributed by atoms with E-state index in [1.54, 1.807) is 12.1 Å². The Morgan fingerprint density at radius 2 is 2.10 bits per heavy atom. The second kappa shape index (κ2) is 8.50. The monoisotopic (exact) mass is 447 g/mol. The van der Waals surface area contributed by atoms with Gasteiger partial charge in [-0.15, -0.1) is 0 Å². The van der Waals surface area contributed by atoms with E-state index in [0.29, 0.717) is 22.5 Å². The van der Waals surface area contributed by atoms with Gasteiger partial charge in [0, 0.05) is 48.0 Å². The first kappa shape index (κ1) is 20.4. The van der Waals surface area contributed by atoms with Crippen molar-refractivity contribution in [2.75, 3.05) is 24.2 Å². The van der Waals surface area contributed by atoms with E-state index in [9.17, 15) is 9.59 Å². The fraction of sp³-hybridized carbons (Fsp3) is 0.381. The molecule has 5 nitrogen and oxygen atoms in total. The van der Waals surface area contributed by atoms with Gasteiger partial charge in [-0.05, 0) is 43.0 Å². The minimum atomic E-state index is -0.105. The summed E-state index contributed by atoms with van der Waals surface area (Å²) < 4.78 is 2.65. The van der Waals surface area contributed by atoms with E-state index < -0.39 is 0 Å². The maximum absolute atomic E-state index is 12.3. The molecule has 0 aliphatic carbocycles. The van der Waals surface area contributed by atoms with Crippen molar-refractivity contribution in [1.82, 2.24) is 9.47 Å². The molecule has 2 aliphatic rings. The Morgan fingerprint density at radius 1 is 1.28 bits per heavy atom. The number of rotatable bonds is 3. The largest absolute Gasteiger partial charge is 0.356 e. The molecule has 0 saturated carbocycles. The molecule has 1 saturated heterocycles. The quantitative estimate of drug-likeness (QED) is 0.723. The number of thiocarbonyl (C=S) groups is 1. The topological polar surface area (TPSA) is 54.3 Å². The van der Waals surface area contributed by atoms with E-state index in [-0.39, 0.29) is 17.2 Å². The Morgan fingerprint density at radius 3 is 2.90 bits per heavy atom. The van der Waals surface area contributed by atoms with Gasteiger partial charge in [-0.25, -0.2) is 0 Å². The van der Waals surface area contributed by atoms with Crippen LogP contribution in [0.2, 0.25) is 5.02 Å². The molecule has 1 aromatic carbocycles. The van der Waals surface area contributed by atoms with Crippen LogP contribution in [0, 0.1) is 12.8 Å². The molecule has 1 N–H and O–H groups in total. The Hall–Kier alpha value is -1.83. The minimum Gasteiger partial charge on any atom is -0.356 e. The Labute approximate surface area is 184 Å². The fourth-order valence-corrected chi connectivity index (χ4v) is 5.30. The number of fused-ring (bicyclic) bond motifs is 4. The predicted octanol–water partition coefficient (Wildman–Crippen LogP) is 3.89. The van der Waals surface area contributed by atoms with E-state index in [2.05, 4.69) is 10.2 Å². The summed E-state index contributed by atoms with van der Waals surface area (Å²) >= 11 is 13.1. The van der Waals surface area contributed by atoms with Crippen LogP contribution in [0.3, 0.4) is 0 Å². The molecule has 1 aromatic heterocycles. The maximum atomic E-state index is 12.3. The second-order valence-electron chi connectivity index (χ2n) is 7.67. The van der Waals surface area contributed by atoms with Crippen molar-refractivity contribution in [3.63, 3.8) is 0 Å². The number of carbonyl (C=O) groups excluding carboxylic acids is 1. The zero-order valence-corrected chi connectivity index (χ0v) is 18.4. The van der Waals surface area contributed by atoms with Crippen LogP contribution in [0.4, 0.5) is 5.69 Å². The normalized spacial score (nSPS) is 20.1. The first-order chi connectivity index (χ1) is 13.9. The lowest BCUT2D eigenvalue weighted by molar-refractivity contribution is -0.113. The van der Waals surface area contributed by atoms with Crippen LogP contribution in [0.25, 0.3) is 0 Å². The predicted molar refractivity (Wildman–Crippen MR) is 123 cm³/mol. The summed E-state index contributed by atoms with van der Waals surface area (Å²) in [7, 11) is 0. The van der Waals surface area contributed by atoms with Crippen molar-refractivity contribution >= 4 is 51.5 Å². The first-order valence-electron chi connectivity index (χ1n) is 9.58. The molecule has 0 spiro atoms. The number of pyridine rings is 1. The van der Waals surface area contributed by atoms with Crippen LogP contribution in [0.15, 0.2) is 41.2 Å². The van der Waals surface area contributed by atoms with E-state index in [1.165, 1.54) is 11.8 Å². The Kier molecular flexibility index (Phi) is 5.99. The molecule has 2 atom stereocenters. The highest BCUT2D eigenvalue weighted by molar-refractivity contribution is 8.23. The highest BCUT2D eigenvalue weighted by Crippen LogP contribution is 2.36. The summed E-state index contributed by atoms with van der Waals surface area (Å²) in [6, 6.07) is 11.0. The summed E-state index contributed by atoms with van der Waals surface area (Å²) in [4.78, 5) is 26.6. The lowest BCUT2D eigenvalue weighted by Crippen LogP contribution is -2.48. The van der Waals surface area contributed by atoms with Gasteiger partial charge < -0.3 is 14.8 Å². The molecule has 2 aliphatic heterocycles. The van der Waals surface area contributed by atoms with E-state index >= 15 is 0 Å². The molecule has 8 heteroatoms. The molecule has 2 bridgehead atoms. The van der Waals surface area contributed by atoms with Crippen molar-refractivity contribution < 1.29 is 4.79 Å². The third kappa shape index (κ3) is 4.52. The van der Waals surface area contributed by atoms with Gasteiger partial charge in [0.25, 0.3) is 5.56 Å². The smallest absolute Gasteiger partial charge is 0.250 e. The SMILES string of the molecule is Cc1ccc(NC(=O)CSC(=S)N2C[C@@H]3C[C@H](C2)c2cccc(=O)n2C3)cc1Cl. The number of carbonyl (C=O) groups is 1. The average molecular weight is 448 g/mol. The lowest BCUT2D eigenvalue weighted by Gasteiger charge is -2.43. The summed E-state index contributed by atoms with van der Waals surface area (Å²) in [5.41, 5.74) is 2.84. The van der Waals surface area contributed by atoms with Crippen molar-refractivity contribution in [3.8, 4) is 0 Å². The Balaban J connectivity index is 1.34. The van der Waals surface area contributed by atoms with Crippen LogP contribution in [0.1, 0.15) is 23.6 Å². The van der Waals surface area contributed by atoms with Crippen LogP contribution in [-0.2, 0) is 11.3 Å². The third-order valence-electron chi connectivity index (χ3n) is 5.52. The van der Waals surface area contributed by atoms with Crippen molar-refractivity contribution in [3.05, 3.63) is 63.0 Å². The standard InChI is InChI=1S/C21H22ClN3O2S2/c1-13-5-6-16(8-17(13)22)23-19(26)12-29-21(28)24-9-14-7-15(11-24)18-3-2-4-20(27)25(18)10-14/h2-6,8,14-15H,7,9-12H2,1H3,(H,23,26)/t14-,15+/m0/s1. The van der Waals surface area contributed by atoms with E-state index in [4.69, 9.17) is 23.8 Å². The average Bonchev–Trinajstić information content (AvgIpc) is 2.69. The van der Waals surface area contributed by atoms with E-state index in [1.807, 2.05) is 35.8 Å². The number of hydrogen-bond acceptors (Lipinski definition) is 4. The van der Waals surface area contributed by atoms with Crippen LogP contribution in [-0.4, -0.2) is 38.5 Å². The third-order valence-corrected chi connectivity index (χ3v) is 7.45.